The Hall–Kier alpha value is -0.940. The zero-order chi connectivity index (χ0) is 8.48. The van der Waals surface area contributed by atoms with E-state index in [0.29, 0.717) is 0 Å². The van der Waals surface area contributed by atoms with E-state index in [1.165, 1.54) is 12.1 Å². The van der Waals surface area contributed by atoms with Gasteiger partial charge in [0.1, 0.15) is 4.97 Å². The van der Waals surface area contributed by atoms with Gasteiger partial charge in [-0.25, -0.2) is 0 Å². The maximum Gasteiger partial charge on any atom is 0.237 e. The Morgan fingerprint density at radius 2 is 1.45 bits per heavy atom. The van der Waals surface area contributed by atoms with E-state index >= 15 is 0 Å². The van der Waals surface area contributed by atoms with Crippen molar-refractivity contribution in [2.45, 2.75) is 6.92 Å². The van der Waals surface area contributed by atoms with Crippen molar-refractivity contribution in [1.82, 2.24) is 4.97 Å². The third-order valence-electron chi connectivity index (χ3n) is 1.38. The zero-order valence-corrected chi connectivity index (χ0v) is 6.10. The minimum absolute atomic E-state index is 0.00981. The number of nitrogens with zero attached hydrogens (tertiary/aromatic N) is 1. The Morgan fingerprint density at radius 1 is 1.00 bits per heavy atom. The van der Waals surface area contributed by atoms with Crippen LogP contribution in [0.2, 0.25) is 0 Å². The maximum absolute atomic E-state index is 8.63. The molecule has 0 atom stereocenters. The predicted octanol–water partition coefficient (Wildman–Crippen LogP) is 1.47. The SMILES string of the molecule is Cc1ccc([N+](O)(O)O)cc1. The van der Waals surface area contributed by atoms with Gasteiger partial charge in [0, 0.05) is 12.1 Å². The third kappa shape index (κ3) is 1.99. The molecule has 1 aromatic carbocycles. The summed E-state index contributed by atoms with van der Waals surface area (Å²) in [6.07, 6.45) is 0. The summed E-state index contributed by atoms with van der Waals surface area (Å²) in [6.45, 7) is 1.87. The molecule has 0 saturated carbocycles. The summed E-state index contributed by atoms with van der Waals surface area (Å²) in [4.78, 5) is -2.11. The Morgan fingerprint density at radius 3 is 1.82 bits per heavy atom. The molecule has 0 aliphatic heterocycles. The van der Waals surface area contributed by atoms with Crippen LogP contribution in [0.25, 0.3) is 0 Å². The summed E-state index contributed by atoms with van der Waals surface area (Å²) < 4.78 is 0. The summed E-state index contributed by atoms with van der Waals surface area (Å²) in [5.74, 6) is 0. The predicted molar refractivity (Wildman–Crippen MR) is 38.3 cm³/mol. The molecule has 0 unspecified atom stereocenters. The number of benzene rings is 1. The monoisotopic (exact) mass is 156 g/mol. The first kappa shape index (κ1) is 8.16. The fourth-order valence-corrected chi connectivity index (χ4v) is 0.745. The second-order valence-electron chi connectivity index (χ2n) is 2.40. The average molecular weight is 156 g/mol. The van der Waals surface area contributed by atoms with Gasteiger partial charge in [0.05, 0.1) is 0 Å². The third-order valence-corrected chi connectivity index (χ3v) is 1.38. The summed E-state index contributed by atoms with van der Waals surface area (Å²) in [5.41, 5.74) is 0.998. The minimum atomic E-state index is -2.11. The molecule has 0 amide bonds. The molecule has 0 bridgehead atoms. The van der Waals surface area contributed by atoms with Crippen molar-refractivity contribution in [1.29, 1.82) is 0 Å². The van der Waals surface area contributed by atoms with E-state index in [2.05, 4.69) is 0 Å². The van der Waals surface area contributed by atoms with Gasteiger partial charge in [-0.2, -0.15) is 0 Å². The van der Waals surface area contributed by atoms with Gasteiger partial charge in [-0.3, -0.25) is 0 Å². The lowest BCUT2D eigenvalue weighted by Gasteiger charge is -2.09. The van der Waals surface area contributed by atoms with Crippen molar-refractivity contribution in [3.05, 3.63) is 29.8 Å². The second kappa shape index (κ2) is 2.60. The molecule has 4 heteroatoms. The van der Waals surface area contributed by atoms with Crippen LogP contribution in [-0.4, -0.2) is 15.6 Å². The molecule has 1 aromatic rings. The van der Waals surface area contributed by atoms with Crippen LogP contribution in [0.5, 0.6) is 0 Å². The first-order valence-corrected chi connectivity index (χ1v) is 3.14. The lowest BCUT2D eigenvalue weighted by atomic mass is 10.2. The largest absolute Gasteiger partial charge is 0.237 e. The molecule has 0 aliphatic rings. The molecule has 1 rings (SSSR count). The van der Waals surface area contributed by atoms with E-state index in [-0.39, 0.29) is 5.69 Å². The topological polar surface area (TPSA) is 60.7 Å². The van der Waals surface area contributed by atoms with Gasteiger partial charge in [-0.05, 0) is 6.92 Å². The van der Waals surface area contributed by atoms with Gasteiger partial charge in [-0.1, -0.05) is 17.7 Å². The molecule has 0 saturated heterocycles. The molecule has 4 nitrogen and oxygen atoms in total. The Labute approximate surface area is 64.0 Å². The summed E-state index contributed by atoms with van der Waals surface area (Å²) in [5, 5.41) is 25.9. The van der Waals surface area contributed by atoms with Gasteiger partial charge in [-0.15, -0.1) is 15.6 Å². The van der Waals surface area contributed by atoms with E-state index in [0.717, 1.165) is 5.56 Å². The molecule has 0 spiro atoms. The molecule has 0 radical (unpaired) electrons. The van der Waals surface area contributed by atoms with Gasteiger partial charge in [0.15, 0.2) is 0 Å². The van der Waals surface area contributed by atoms with Crippen LogP contribution < -0.4 is 4.97 Å². The maximum atomic E-state index is 8.63. The van der Waals surface area contributed by atoms with Gasteiger partial charge >= 0.3 is 0 Å². The summed E-state index contributed by atoms with van der Waals surface area (Å²) in [7, 11) is 0. The first-order chi connectivity index (χ1) is 5.00. The van der Waals surface area contributed by atoms with Crippen LogP contribution in [0.1, 0.15) is 5.56 Å². The molecular formula is C7H10NO3+. The van der Waals surface area contributed by atoms with Crippen molar-refractivity contribution >= 4 is 5.69 Å². The highest BCUT2D eigenvalue weighted by atomic mass is 17.1. The highest BCUT2D eigenvalue weighted by Gasteiger charge is 2.22. The van der Waals surface area contributed by atoms with Gasteiger partial charge in [0.2, 0.25) is 5.69 Å². The lowest BCUT2D eigenvalue weighted by molar-refractivity contribution is -0.453. The number of rotatable bonds is 1. The standard InChI is InChI=1S/C7H10NO3/c1-6-2-4-7(5-3-6)8(9,10)11/h2-5,9-11H,1H3/q+1. The molecule has 0 heterocycles. The van der Waals surface area contributed by atoms with Crippen LogP contribution in [0.4, 0.5) is 5.69 Å². The van der Waals surface area contributed by atoms with Crippen molar-refractivity contribution in [3.8, 4) is 0 Å². The number of hydrogen-bond acceptors (Lipinski definition) is 3. The second-order valence-corrected chi connectivity index (χ2v) is 2.40. The molecular weight excluding hydrogens is 146 g/mol. The smallest absolute Gasteiger partial charge is 0.140 e. The quantitative estimate of drug-likeness (QED) is 0.426. The fourth-order valence-electron chi connectivity index (χ4n) is 0.745. The van der Waals surface area contributed by atoms with E-state index < -0.39 is 4.97 Å². The highest BCUT2D eigenvalue weighted by molar-refractivity contribution is 5.38. The Kier molecular flexibility index (Phi) is 1.92. The lowest BCUT2D eigenvalue weighted by Crippen LogP contribution is -2.37. The van der Waals surface area contributed by atoms with E-state index in [4.69, 9.17) is 15.6 Å². The molecule has 0 aliphatic carbocycles. The molecule has 0 fully saturated rings. The molecule has 0 aromatic heterocycles. The van der Waals surface area contributed by atoms with Crippen molar-refractivity contribution < 1.29 is 15.6 Å². The average Bonchev–Trinajstić information content (AvgIpc) is 1.86. The van der Waals surface area contributed by atoms with Gasteiger partial charge in [0.25, 0.3) is 0 Å². The molecule has 11 heavy (non-hydrogen) atoms. The Balaban J connectivity index is 2.99. The van der Waals surface area contributed by atoms with Gasteiger partial charge < -0.3 is 0 Å². The number of aryl methyl sites for hydroxylation is 1. The minimum Gasteiger partial charge on any atom is -0.140 e. The first-order valence-electron chi connectivity index (χ1n) is 3.14. The fraction of sp³-hybridized carbons (Fsp3) is 0.143. The van der Waals surface area contributed by atoms with Crippen molar-refractivity contribution in [3.63, 3.8) is 0 Å². The van der Waals surface area contributed by atoms with E-state index in [9.17, 15) is 0 Å². The number of quaternary nitrogens is 1. The van der Waals surface area contributed by atoms with Crippen LogP contribution in [-0.2, 0) is 0 Å². The Bertz CT molecular complexity index is 237. The molecule has 3 N–H and O–H groups in total. The molecule has 60 valence electrons. The zero-order valence-electron chi connectivity index (χ0n) is 6.10. The summed E-state index contributed by atoms with van der Waals surface area (Å²) in [6, 6.07) is 6.20. The van der Waals surface area contributed by atoms with E-state index in [1.54, 1.807) is 12.1 Å². The normalized spacial score (nSPS) is 11.6. The van der Waals surface area contributed by atoms with Crippen LogP contribution in [0.3, 0.4) is 0 Å². The van der Waals surface area contributed by atoms with Crippen molar-refractivity contribution in [2.75, 3.05) is 0 Å². The highest BCUT2D eigenvalue weighted by Crippen LogP contribution is 2.15. The van der Waals surface area contributed by atoms with Crippen molar-refractivity contribution in [2.24, 2.45) is 0 Å². The van der Waals surface area contributed by atoms with Crippen LogP contribution >= 0.6 is 0 Å². The van der Waals surface area contributed by atoms with E-state index in [1.807, 2.05) is 6.92 Å². The summed E-state index contributed by atoms with van der Waals surface area (Å²) >= 11 is 0. The number of hydrogen-bond donors (Lipinski definition) is 3. The van der Waals surface area contributed by atoms with Crippen LogP contribution in [0, 0.1) is 6.92 Å². The van der Waals surface area contributed by atoms with Crippen LogP contribution in [0.15, 0.2) is 24.3 Å².